The third kappa shape index (κ3) is 2.65. The second-order valence-corrected chi connectivity index (χ2v) is 4.54. The molecular formula is C11H8ClFN2S. The van der Waals surface area contributed by atoms with Gasteiger partial charge in [0.1, 0.15) is 16.0 Å². The topological polar surface area (TPSA) is 38.9 Å². The molecule has 1 aromatic carbocycles. The van der Waals surface area contributed by atoms with Gasteiger partial charge in [0.25, 0.3) is 0 Å². The van der Waals surface area contributed by atoms with Gasteiger partial charge >= 0.3 is 0 Å². The van der Waals surface area contributed by atoms with Crippen LogP contribution in [0.1, 0.15) is 0 Å². The first kappa shape index (κ1) is 11.2. The van der Waals surface area contributed by atoms with Crippen LogP contribution in [0.4, 0.5) is 10.1 Å². The Hall–Kier alpha value is -1.26. The van der Waals surface area contributed by atoms with Crippen molar-refractivity contribution in [3.8, 4) is 0 Å². The molecule has 82 valence electrons. The van der Waals surface area contributed by atoms with Crippen LogP contribution in [0.2, 0.25) is 5.15 Å². The maximum Gasteiger partial charge on any atom is 0.130 e. The summed E-state index contributed by atoms with van der Waals surface area (Å²) in [6, 6.07) is 9.53. The third-order valence-electron chi connectivity index (χ3n) is 1.87. The molecule has 0 radical (unpaired) electrons. The minimum atomic E-state index is -0.286. The summed E-state index contributed by atoms with van der Waals surface area (Å²) in [7, 11) is 0. The van der Waals surface area contributed by atoms with Crippen LogP contribution in [-0.2, 0) is 0 Å². The Labute approximate surface area is 102 Å². The first-order chi connectivity index (χ1) is 7.65. The zero-order valence-electron chi connectivity index (χ0n) is 8.15. The Balaban J connectivity index is 2.30. The standard InChI is InChI=1S/C11H8ClFN2S/c12-10-5-4-9(14)11(15-10)16-8-3-1-2-7(13)6-8/h1-6H,14H2. The number of halogens is 2. The average Bonchev–Trinajstić information content (AvgIpc) is 2.24. The van der Waals surface area contributed by atoms with Crippen LogP contribution in [-0.4, -0.2) is 4.98 Å². The maximum atomic E-state index is 13.0. The van der Waals surface area contributed by atoms with E-state index in [0.717, 1.165) is 4.90 Å². The minimum absolute atomic E-state index is 0.286. The van der Waals surface area contributed by atoms with Crippen molar-refractivity contribution in [1.82, 2.24) is 4.98 Å². The third-order valence-corrected chi connectivity index (χ3v) is 3.09. The van der Waals surface area contributed by atoms with E-state index in [2.05, 4.69) is 4.98 Å². The van der Waals surface area contributed by atoms with E-state index in [1.165, 1.54) is 23.9 Å². The molecule has 0 saturated carbocycles. The smallest absolute Gasteiger partial charge is 0.130 e. The quantitative estimate of drug-likeness (QED) is 0.832. The Morgan fingerprint density at radius 1 is 1.25 bits per heavy atom. The van der Waals surface area contributed by atoms with Gasteiger partial charge in [0.05, 0.1) is 5.69 Å². The van der Waals surface area contributed by atoms with Gasteiger partial charge in [-0.1, -0.05) is 29.4 Å². The van der Waals surface area contributed by atoms with Crippen molar-refractivity contribution in [3.05, 3.63) is 47.4 Å². The van der Waals surface area contributed by atoms with E-state index >= 15 is 0 Å². The molecule has 0 fully saturated rings. The molecular weight excluding hydrogens is 247 g/mol. The predicted molar refractivity (Wildman–Crippen MR) is 64.2 cm³/mol. The van der Waals surface area contributed by atoms with Gasteiger partial charge in [-0.25, -0.2) is 9.37 Å². The first-order valence-corrected chi connectivity index (χ1v) is 5.70. The molecule has 0 spiro atoms. The van der Waals surface area contributed by atoms with Gasteiger partial charge in [-0.2, -0.15) is 0 Å². The molecule has 0 unspecified atom stereocenters. The minimum Gasteiger partial charge on any atom is -0.397 e. The number of rotatable bonds is 2. The largest absolute Gasteiger partial charge is 0.397 e. The molecule has 2 nitrogen and oxygen atoms in total. The normalized spacial score (nSPS) is 10.4. The lowest BCUT2D eigenvalue weighted by Gasteiger charge is -2.04. The van der Waals surface area contributed by atoms with Crippen molar-refractivity contribution >= 4 is 29.1 Å². The van der Waals surface area contributed by atoms with E-state index in [9.17, 15) is 4.39 Å². The van der Waals surface area contributed by atoms with Crippen molar-refractivity contribution < 1.29 is 4.39 Å². The molecule has 0 bridgehead atoms. The number of anilines is 1. The lowest BCUT2D eigenvalue weighted by atomic mass is 10.4. The average molecular weight is 255 g/mol. The molecule has 0 aliphatic rings. The molecule has 0 saturated heterocycles. The summed E-state index contributed by atoms with van der Waals surface area (Å²) in [6.07, 6.45) is 0. The van der Waals surface area contributed by atoms with Gasteiger partial charge in [0.2, 0.25) is 0 Å². The Kier molecular flexibility index (Phi) is 3.31. The number of benzene rings is 1. The molecule has 0 amide bonds. The number of aromatic nitrogens is 1. The lowest BCUT2D eigenvalue weighted by Crippen LogP contribution is -1.91. The zero-order valence-corrected chi connectivity index (χ0v) is 9.73. The number of hydrogen-bond donors (Lipinski definition) is 1. The maximum absolute atomic E-state index is 13.0. The highest BCUT2D eigenvalue weighted by atomic mass is 35.5. The highest BCUT2D eigenvalue weighted by Gasteiger charge is 2.05. The number of nitrogens with two attached hydrogens (primary N) is 1. The van der Waals surface area contributed by atoms with Gasteiger partial charge < -0.3 is 5.73 Å². The van der Waals surface area contributed by atoms with E-state index in [4.69, 9.17) is 17.3 Å². The molecule has 0 aliphatic heterocycles. The van der Waals surface area contributed by atoms with Crippen molar-refractivity contribution in [2.45, 2.75) is 9.92 Å². The summed E-state index contributed by atoms with van der Waals surface area (Å²) in [5, 5.41) is 0.950. The monoisotopic (exact) mass is 254 g/mol. The van der Waals surface area contributed by atoms with Crippen molar-refractivity contribution in [1.29, 1.82) is 0 Å². The number of pyridine rings is 1. The van der Waals surface area contributed by atoms with Crippen LogP contribution in [0.3, 0.4) is 0 Å². The fraction of sp³-hybridized carbons (Fsp3) is 0. The fourth-order valence-corrected chi connectivity index (χ4v) is 2.22. The number of nitrogen functional groups attached to an aromatic ring is 1. The van der Waals surface area contributed by atoms with Crippen LogP contribution in [0.25, 0.3) is 0 Å². The second-order valence-electron chi connectivity index (χ2n) is 3.09. The predicted octanol–water partition coefficient (Wildman–Crippen LogP) is 3.61. The summed E-state index contributed by atoms with van der Waals surface area (Å²) in [5.74, 6) is -0.286. The molecule has 1 heterocycles. The second kappa shape index (κ2) is 4.72. The molecule has 0 aliphatic carbocycles. The van der Waals surface area contributed by atoms with E-state index in [1.54, 1.807) is 24.3 Å². The van der Waals surface area contributed by atoms with Crippen LogP contribution in [0, 0.1) is 5.82 Å². The Bertz CT molecular complexity index is 519. The summed E-state index contributed by atoms with van der Waals surface area (Å²) in [4.78, 5) is 4.82. The Morgan fingerprint density at radius 2 is 2.06 bits per heavy atom. The highest BCUT2D eigenvalue weighted by Crippen LogP contribution is 2.31. The Morgan fingerprint density at radius 3 is 2.81 bits per heavy atom. The number of nitrogens with zero attached hydrogens (tertiary/aromatic N) is 1. The highest BCUT2D eigenvalue weighted by molar-refractivity contribution is 7.99. The summed E-state index contributed by atoms with van der Waals surface area (Å²) < 4.78 is 13.0. The van der Waals surface area contributed by atoms with Gasteiger partial charge in [0, 0.05) is 4.90 Å². The van der Waals surface area contributed by atoms with E-state index < -0.39 is 0 Å². The molecule has 16 heavy (non-hydrogen) atoms. The van der Waals surface area contributed by atoms with Crippen molar-refractivity contribution in [2.24, 2.45) is 0 Å². The van der Waals surface area contributed by atoms with Crippen LogP contribution < -0.4 is 5.73 Å². The van der Waals surface area contributed by atoms with E-state index in [1.807, 2.05) is 0 Å². The van der Waals surface area contributed by atoms with Crippen LogP contribution in [0.15, 0.2) is 46.3 Å². The van der Waals surface area contributed by atoms with Crippen molar-refractivity contribution in [2.75, 3.05) is 5.73 Å². The van der Waals surface area contributed by atoms with Crippen molar-refractivity contribution in [3.63, 3.8) is 0 Å². The summed E-state index contributed by atoms with van der Waals surface area (Å²) in [6.45, 7) is 0. The molecule has 2 N–H and O–H groups in total. The fourth-order valence-electron chi connectivity index (χ4n) is 1.15. The lowest BCUT2D eigenvalue weighted by molar-refractivity contribution is 0.624. The first-order valence-electron chi connectivity index (χ1n) is 4.50. The van der Waals surface area contributed by atoms with E-state index in [0.29, 0.717) is 15.9 Å². The summed E-state index contributed by atoms with van der Waals surface area (Å²) in [5.41, 5.74) is 6.27. The van der Waals surface area contributed by atoms with E-state index in [-0.39, 0.29) is 5.82 Å². The van der Waals surface area contributed by atoms with Crippen LogP contribution in [0.5, 0.6) is 0 Å². The zero-order chi connectivity index (χ0) is 11.5. The van der Waals surface area contributed by atoms with Gasteiger partial charge in [0.15, 0.2) is 0 Å². The SMILES string of the molecule is Nc1ccc(Cl)nc1Sc1cccc(F)c1. The van der Waals surface area contributed by atoms with Gasteiger partial charge in [-0.15, -0.1) is 0 Å². The van der Waals surface area contributed by atoms with Crippen LogP contribution >= 0.6 is 23.4 Å². The van der Waals surface area contributed by atoms with Gasteiger partial charge in [-0.05, 0) is 30.3 Å². The molecule has 2 rings (SSSR count). The molecule has 2 aromatic rings. The molecule has 5 heteroatoms. The molecule has 1 aromatic heterocycles. The summed E-state index contributed by atoms with van der Waals surface area (Å²) >= 11 is 7.04. The molecule has 0 atom stereocenters. The van der Waals surface area contributed by atoms with Gasteiger partial charge in [-0.3, -0.25) is 0 Å². The number of hydrogen-bond acceptors (Lipinski definition) is 3.